The second-order valence-corrected chi connectivity index (χ2v) is 6.62. The van der Waals surface area contributed by atoms with Crippen LogP contribution in [-0.4, -0.2) is 42.2 Å². The normalized spacial score (nSPS) is 22.9. The highest BCUT2D eigenvalue weighted by atomic mass is 16.5. The maximum Gasteiger partial charge on any atom is 0.222 e. The SMILES string of the molecule is O=C(CC1CCOCC1)N1CCC(Cc2ccc(O)cc2)C1. The number of phenolic OH excluding ortho intramolecular Hbond substituents is 1. The summed E-state index contributed by atoms with van der Waals surface area (Å²) in [5, 5.41) is 9.33. The molecule has 2 aliphatic heterocycles. The molecule has 1 aromatic carbocycles. The van der Waals surface area contributed by atoms with E-state index in [4.69, 9.17) is 4.74 Å². The summed E-state index contributed by atoms with van der Waals surface area (Å²) in [7, 11) is 0. The molecule has 120 valence electrons. The molecule has 2 aliphatic rings. The lowest BCUT2D eigenvalue weighted by Gasteiger charge is -2.24. The highest BCUT2D eigenvalue weighted by Crippen LogP contribution is 2.25. The van der Waals surface area contributed by atoms with Crippen molar-refractivity contribution in [1.82, 2.24) is 4.90 Å². The van der Waals surface area contributed by atoms with Crippen molar-refractivity contribution in [3.63, 3.8) is 0 Å². The minimum Gasteiger partial charge on any atom is -0.508 e. The Balaban J connectivity index is 1.46. The lowest BCUT2D eigenvalue weighted by Crippen LogP contribution is -2.31. The first-order valence-electron chi connectivity index (χ1n) is 8.34. The third-order valence-electron chi connectivity index (χ3n) is 4.90. The first kappa shape index (κ1) is 15.3. The summed E-state index contributed by atoms with van der Waals surface area (Å²) in [5.41, 5.74) is 1.24. The molecule has 0 aromatic heterocycles. The molecule has 1 aromatic rings. The molecule has 0 saturated carbocycles. The van der Waals surface area contributed by atoms with E-state index in [9.17, 15) is 9.90 Å². The van der Waals surface area contributed by atoms with E-state index < -0.39 is 0 Å². The van der Waals surface area contributed by atoms with Crippen LogP contribution in [0.2, 0.25) is 0 Å². The van der Waals surface area contributed by atoms with Crippen LogP contribution in [0.25, 0.3) is 0 Å². The van der Waals surface area contributed by atoms with Crippen LogP contribution in [0, 0.1) is 11.8 Å². The zero-order valence-electron chi connectivity index (χ0n) is 13.0. The molecular weight excluding hydrogens is 278 g/mol. The van der Waals surface area contributed by atoms with Crippen molar-refractivity contribution < 1.29 is 14.6 Å². The quantitative estimate of drug-likeness (QED) is 0.930. The van der Waals surface area contributed by atoms with Gasteiger partial charge in [0, 0.05) is 32.7 Å². The smallest absolute Gasteiger partial charge is 0.222 e. The number of benzene rings is 1. The van der Waals surface area contributed by atoms with Crippen molar-refractivity contribution in [2.24, 2.45) is 11.8 Å². The van der Waals surface area contributed by atoms with E-state index in [0.29, 0.717) is 29.9 Å². The van der Waals surface area contributed by atoms with Crippen molar-refractivity contribution in [2.45, 2.75) is 32.1 Å². The summed E-state index contributed by atoms with van der Waals surface area (Å²) in [6.07, 6.45) is 4.81. The molecule has 1 N–H and O–H groups in total. The average Bonchev–Trinajstić information content (AvgIpc) is 2.99. The number of carbonyl (C=O) groups is 1. The highest BCUT2D eigenvalue weighted by molar-refractivity contribution is 5.76. The summed E-state index contributed by atoms with van der Waals surface area (Å²) >= 11 is 0. The minimum absolute atomic E-state index is 0.309. The molecular formula is C18H25NO3. The Morgan fingerprint density at radius 1 is 1.14 bits per heavy atom. The Bertz CT molecular complexity index is 494. The van der Waals surface area contributed by atoms with Gasteiger partial charge < -0.3 is 14.7 Å². The van der Waals surface area contributed by atoms with Gasteiger partial charge in [0.15, 0.2) is 0 Å². The number of ether oxygens (including phenoxy) is 1. The largest absolute Gasteiger partial charge is 0.508 e. The fourth-order valence-corrected chi connectivity index (χ4v) is 3.52. The van der Waals surface area contributed by atoms with Crippen LogP contribution < -0.4 is 0 Å². The number of carbonyl (C=O) groups excluding carboxylic acids is 1. The molecule has 4 heteroatoms. The van der Waals surface area contributed by atoms with Crippen LogP contribution in [0.15, 0.2) is 24.3 Å². The second kappa shape index (κ2) is 7.14. The first-order valence-corrected chi connectivity index (χ1v) is 8.34. The van der Waals surface area contributed by atoms with Crippen LogP contribution in [0.4, 0.5) is 0 Å². The van der Waals surface area contributed by atoms with Crippen LogP contribution in [0.5, 0.6) is 5.75 Å². The van der Waals surface area contributed by atoms with Crippen molar-refractivity contribution in [1.29, 1.82) is 0 Å². The molecule has 22 heavy (non-hydrogen) atoms. The number of hydrogen-bond donors (Lipinski definition) is 1. The van der Waals surface area contributed by atoms with Crippen molar-refractivity contribution in [2.75, 3.05) is 26.3 Å². The Hall–Kier alpha value is -1.55. The lowest BCUT2D eigenvalue weighted by molar-refractivity contribution is -0.132. The first-order chi connectivity index (χ1) is 10.7. The van der Waals surface area contributed by atoms with Gasteiger partial charge in [0.1, 0.15) is 5.75 Å². The van der Waals surface area contributed by atoms with E-state index >= 15 is 0 Å². The predicted molar refractivity (Wildman–Crippen MR) is 84.7 cm³/mol. The Morgan fingerprint density at radius 2 is 1.86 bits per heavy atom. The van der Waals surface area contributed by atoms with Crippen LogP contribution >= 0.6 is 0 Å². The Morgan fingerprint density at radius 3 is 2.59 bits per heavy atom. The summed E-state index contributed by atoms with van der Waals surface area (Å²) in [5.74, 6) is 1.68. The molecule has 2 fully saturated rings. The van der Waals surface area contributed by atoms with E-state index in [1.165, 1.54) is 5.56 Å². The van der Waals surface area contributed by atoms with Crippen LogP contribution in [0.1, 0.15) is 31.2 Å². The lowest BCUT2D eigenvalue weighted by atomic mass is 9.96. The topological polar surface area (TPSA) is 49.8 Å². The number of rotatable bonds is 4. The van der Waals surface area contributed by atoms with Gasteiger partial charge in [-0.3, -0.25) is 4.79 Å². The number of aromatic hydroxyl groups is 1. The number of hydrogen-bond acceptors (Lipinski definition) is 3. The van der Waals surface area contributed by atoms with Gasteiger partial charge in [-0.1, -0.05) is 12.1 Å². The molecule has 1 amide bonds. The van der Waals surface area contributed by atoms with E-state index in [0.717, 1.165) is 52.0 Å². The fraction of sp³-hybridized carbons (Fsp3) is 0.611. The maximum absolute atomic E-state index is 12.4. The second-order valence-electron chi connectivity index (χ2n) is 6.62. The van der Waals surface area contributed by atoms with Crippen molar-refractivity contribution >= 4 is 5.91 Å². The van der Waals surface area contributed by atoms with E-state index in [1.807, 2.05) is 17.0 Å². The summed E-state index contributed by atoms with van der Waals surface area (Å²) in [6.45, 7) is 3.39. The number of likely N-dealkylation sites (tertiary alicyclic amines) is 1. The molecule has 0 bridgehead atoms. The van der Waals surface area contributed by atoms with E-state index in [-0.39, 0.29) is 0 Å². The third kappa shape index (κ3) is 4.01. The Labute approximate surface area is 132 Å². The van der Waals surface area contributed by atoms with Gasteiger partial charge in [-0.2, -0.15) is 0 Å². The van der Waals surface area contributed by atoms with Crippen molar-refractivity contribution in [3.8, 4) is 5.75 Å². The van der Waals surface area contributed by atoms with Crippen LogP contribution in [-0.2, 0) is 16.0 Å². The minimum atomic E-state index is 0.309. The van der Waals surface area contributed by atoms with Gasteiger partial charge >= 0.3 is 0 Å². The predicted octanol–water partition coefficient (Wildman–Crippen LogP) is 2.60. The van der Waals surface area contributed by atoms with Gasteiger partial charge in [-0.05, 0) is 55.2 Å². The number of amides is 1. The Kier molecular flexibility index (Phi) is 4.98. The standard InChI is InChI=1S/C18H25NO3/c20-17-3-1-14(2-4-17)11-16-5-8-19(13-16)18(21)12-15-6-9-22-10-7-15/h1-4,15-16,20H,5-13H2. The fourth-order valence-electron chi connectivity index (χ4n) is 3.52. The van der Waals surface area contributed by atoms with Gasteiger partial charge in [0.05, 0.1) is 0 Å². The molecule has 4 nitrogen and oxygen atoms in total. The maximum atomic E-state index is 12.4. The zero-order valence-corrected chi connectivity index (χ0v) is 13.0. The zero-order chi connectivity index (χ0) is 15.4. The third-order valence-corrected chi connectivity index (χ3v) is 4.90. The summed E-state index contributed by atoms with van der Waals surface area (Å²) in [4.78, 5) is 14.5. The molecule has 0 radical (unpaired) electrons. The van der Waals surface area contributed by atoms with Gasteiger partial charge in [0.2, 0.25) is 5.91 Å². The molecule has 0 spiro atoms. The highest BCUT2D eigenvalue weighted by Gasteiger charge is 2.28. The van der Waals surface area contributed by atoms with Crippen molar-refractivity contribution in [3.05, 3.63) is 29.8 Å². The van der Waals surface area contributed by atoms with E-state index in [1.54, 1.807) is 12.1 Å². The summed E-state index contributed by atoms with van der Waals surface area (Å²) in [6, 6.07) is 7.42. The van der Waals surface area contributed by atoms with Gasteiger partial charge in [-0.25, -0.2) is 0 Å². The average molecular weight is 303 g/mol. The van der Waals surface area contributed by atoms with Gasteiger partial charge in [-0.15, -0.1) is 0 Å². The molecule has 2 saturated heterocycles. The van der Waals surface area contributed by atoms with Gasteiger partial charge in [0.25, 0.3) is 0 Å². The number of nitrogens with zero attached hydrogens (tertiary/aromatic N) is 1. The molecule has 1 atom stereocenters. The number of phenols is 1. The van der Waals surface area contributed by atoms with E-state index in [2.05, 4.69) is 0 Å². The molecule has 2 heterocycles. The molecule has 1 unspecified atom stereocenters. The summed E-state index contributed by atoms with van der Waals surface area (Å²) < 4.78 is 5.36. The van der Waals surface area contributed by atoms with Crippen LogP contribution in [0.3, 0.4) is 0 Å². The molecule has 0 aliphatic carbocycles. The molecule has 3 rings (SSSR count). The monoisotopic (exact) mass is 303 g/mol.